The van der Waals surface area contributed by atoms with E-state index in [4.69, 9.17) is 14.2 Å². The Morgan fingerprint density at radius 2 is 2.07 bits per heavy atom. The Balaban J connectivity index is 1.38. The van der Waals surface area contributed by atoms with Gasteiger partial charge in [-0.2, -0.15) is 0 Å². The number of carbonyl (C=O) groups is 2. The summed E-state index contributed by atoms with van der Waals surface area (Å²) in [4.78, 5) is 30.0. The van der Waals surface area contributed by atoms with Crippen molar-refractivity contribution in [3.8, 4) is 11.5 Å². The van der Waals surface area contributed by atoms with E-state index in [1.54, 1.807) is 23.8 Å². The number of hydrogen-bond acceptors (Lipinski definition) is 7. The monoisotopic (exact) mass is 421 g/mol. The van der Waals surface area contributed by atoms with Gasteiger partial charge in [0.05, 0.1) is 33.0 Å². The summed E-state index contributed by atoms with van der Waals surface area (Å²) in [7, 11) is 3.08. The Kier molecular flexibility index (Phi) is 6.17. The quantitative estimate of drug-likeness (QED) is 0.661. The van der Waals surface area contributed by atoms with Crippen LogP contribution >= 0.6 is 11.8 Å². The number of benzene rings is 1. The third-order valence-electron chi connectivity index (χ3n) is 5.65. The van der Waals surface area contributed by atoms with Crippen LogP contribution in [0.15, 0.2) is 12.1 Å². The van der Waals surface area contributed by atoms with Gasteiger partial charge in [0.2, 0.25) is 5.91 Å². The summed E-state index contributed by atoms with van der Waals surface area (Å²) in [5.74, 6) is 1.30. The van der Waals surface area contributed by atoms with E-state index in [0.29, 0.717) is 29.4 Å². The summed E-state index contributed by atoms with van der Waals surface area (Å²) < 4.78 is 16.1. The summed E-state index contributed by atoms with van der Waals surface area (Å²) in [6, 6.07) is 3.24. The van der Waals surface area contributed by atoms with E-state index < -0.39 is 6.04 Å². The van der Waals surface area contributed by atoms with Crippen LogP contribution in [0.2, 0.25) is 0 Å². The van der Waals surface area contributed by atoms with Crippen molar-refractivity contribution >= 4 is 23.6 Å². The maximum absolute atomic E-state index is 13.2. The molecule has 0 aromatic heterocycles. The number of ether oxygens (including phenoxy) is 3. The minimum Gasteiger partial charge on any atom is -0.493 e. The van der Waals surface area contributed by atoms with E-state index in [1.165, 1.54) is 7.11 Å². The lowest BCUT2D eigenvalue weighted by atomic mass is 10.1. The predicted molar refractivity (Wildman–Crippen MR) is 110 cm³/mol. The van der Waals surface area contributed by atoms with Gasteiger partial charge in [0.15, 0.2) is 11.5 Å². The van der Waals surface area contributed by atoms with Gasteiger partial charge in [-0.15, -0.1) is 11.8 Å². The average Bonchev–Trinajstić information content (AvgIpc) is 3.31. The van der Waals surface area contributed by atoms with Crippen molar-refractivity contribution in [3.63, 3.8) is 0 Å². The number of nitrogens with zero attached hydrogens (tertiary/aromatic N) is 2. The Morgan fingerprint density at radius 3 is 2.79 bits per heavy atom. The second-order valence-corrected chi connectivity index (χ2v) is 8.39. The number of methoxy groups -OCH3 is 2. The molecule has 0 bridgehead atoms. The van der Waals surface area contributed by atoms with E-state index in [1.807, 2.05) is 12.1 Å². The molecule has 0 unspecified atom stereocenters. The molecule has 8 nitrogen and oxygen atoms in total. The number of carbonyl (C=O) groups excluding carboxylic acids is 2. The van der Waals surface area contributed by atoms with Crippen LogP contribution < -0.4 is 14.8 Å². The number of fused-ring (bicyclic) bond motifs is 3. The molecule has 2 atom stereocenters. The van der Waals surface area contributed by atoms with Crippen molar-refractivity contribution in [1.82, 2.24) is 15.1 Å². The first-order valence-corrected chi connectivity index (χ1v) is 11.0. The SMILES string of the molecule is COc1ccc2c(c1OC)C(=O)N1[C@@H](C(=O)NCCCN3CCOCC3)CS[C@H]21. The fourth-order valence-corrected chi connectivity index (χ4v) is 5.61. The molecule has 158 valence electrons. The highest BCUT2D eigenvalue weighted by Gasteiger charge is 2.50. The van der Waals surface area contributed by atoms with Gasteiger partial charge in [-0.25, -0.2) is 0 Å². The molecule has 3 aliphatic rings. The zero-order valence-corrected chi connectivity index (χ0v) is 17.6. The maximum atomic E-state index is 13.2. The Morgan fingerprint density at radius 1 is 1.28 bits per heavy atom. The van der Waals surface area contributed by atoms with Crippen LogP contribution in [0.3, 0.4) is 0 Å². The van der Waals surface area contributed by atoms with Crippen molar-refractivity contribution in [2.24, 2.45) is 0 Å². The lowest BCUT2D eigenvalue weighted by Gasteiger charge is -2.26. The first kappa shape index (κ1) is 20.3. The van der Waals surface area contributed by atoms with Crippen LogP contribution in [0.1, 0.15) is 27.7 Å². The van der Waals surface area contributed by atoms with Gasteiger partial charge in [0.1, 0.15) is 11.4 Å². The van der Waals surface area contributed by atoms with Crippen LogP contribution in [0.25, 0.3) is 0 Å². The third kappa shape index (κ3) is 3.78. The summed E-state index contributed by atoms with van der Waals surface area (Å²) in [5, 5.41) is 2.86. The molecule has 3 aliphatic heterocycles. The highest BCUT2D eigenvalue weighted by atomic mass is 32.2. The lowest BCUT2D eigenvalue weighted by Crippen LogP contribution is -2.46. The second-order valence-electron chi connectivity index (χ2n) is 7.28. The normalized spacial score (nSPS) is 23.7. The molecule has 2 fully saturated rings. The van der Waals surface area contributed by atoms with Gasteiger partial charge in [-0.1, -0.05) is 6.07 Å². The molecular formula is C20H27N3O5S. The molecule has 0 saturated carbocycles. The number of nitrogens with one attached hydrogen (secondary N) is 1. The molecule has 2 amide bonds. The van der Waals surface area contributed by atoms with Gasteiger partial charge in [-0.05, 0) is 19.0 Å². The molecule has 9 heteroatoms. The van der Waals surface area contributed by atoms with Crippen molar-refractivity contribution < 1.29 is 23.8 Å². The minimum absolute atomic E-state index is 0.0888. The van der Waals surface area contributed by atoms with E-state index in [-0.39, 0.29) is 17.2 Å². The smallest absolute Gasteiger partial charge is 0.260 e. The maximum Gasteiger partial charge on any atom is 0.260 e. The Labute approximate surface area is 174 Å². The van der Waals surface area contributed by atoms with E-state index in [2.05, 4.69) is 10.2 Å². The van der Waals surface area contributed by atoms with Gasteiger partial charge in [-0.3, -0.25) is 14.5 Å². The standard InChI is InChI=1S/C20H27N3O5S/c1-26-15-5-4-13-16(17(15)27-2)19(25)23-14(12-29-20(13)23)18(24)21-6-3-7-22-8-10-28-11-9-22/h4-5,14,20H,3,6-12H2,1-2H3,(H,21,24)/t14-,20-/m1/s1. The third-order valence-corrected chi connectivity index (χ3v) is 6.95. The lowest BCUT2D eigenvalue weighted by molar-refractivity contribution is -0.124. The number of morpholine rings is 1. The van der Waals surface area contributed by atoms with Gasteiger partial charge in [0, 0.05) is 31.0 Å². The topological polar surface area (TPSA) is 80.3 Å². The van der Waals surface area contributed by atoms with Gasteiger partial charge in [0.25, 0.3) is 5.91 Å². The highest BCUT2D eigenvalue weighted by molar-refractivity contribution is 7.99. The van der Waals surface area contributed by atoms with Crippen LogP contribution in [0, 0.1) is 0 Å². The zero-order chi connectivity index (χ0) is 20.4. The summed E-state index contributed by atoms with van der Waals surface area (Å²) in [5.41, 5.74) is 1.40. The first-order chi connectivity index (χ1) is 14.2. The van der Waals surface area contributed by atoms with Crippen LogP contribution in [-0.4, -0.2) is 87.0 Å². The number of amides is 2. The highest BCUT2D eigenvalue weighted by Crippen LogP contribution is 2.52. The molecule has 0 radical (unpaired) electrons. The Hall–Kier alpha value is -1.97. The van der Waals surface area contributed by atoms with E-state index in [0.717, 1.165) is 44.8 Å². The molecule has 0 aliphatic carbocycles. The average molecular weight is 422 g/mol. The number of rotatable bonds is 7. The van der Waals surface area contributed by atoms with Gasteiger partial charge < -0.3 is 24.4 Å². The van der Waals surface area contributed by atoms with E-state index in [9.17, 15) is 9.59 Å². The first-order valence-electron chi connectivity index (χ1n) is 9.92. The van der Waals surface area contributed by atoms with Crippen LogP contribution in [0.5, 0.6) is 11.5 Å². The Bertz CT molecular complexity index is 784. The fourth-order valence-electron chi connectivity index (χ4n) is 4.15. The van der Waals surface area contributed by atoms with Crippen molar-refractivity contribution in [1.29, 1.82) is 0 Å². The molecule has 2 saturated heterocycles. The van der Waals surface area contributed by atoms with Gasteiger partial charge >= 0.3 is 0 Å². The minimum atomic E-state index is -0.469. The molecule has 0 spiro atoms. The number of thioether (sulfide) groups is 1. The molecule has 4 rings (SSSR count). The predicted octanol–water partition coefficient (Wildman–Crippen LogP) is 1.11. The van der Waals surface area contributed by atoms with Crippen molar-refractivity contribution in [3.05, 3.63) is 23.3 Å². The fraction of sp³-hybridized carbons (Fsp3) is 0.600. The summed E-state index contributed by atoms with van der Waals surface area (Å²) in [6.45, 7) is 4.99. The summed E-state index contributed by atoms with van der Waals surface area (Å²) >= 11 is 1.62. The molecule has 1 N–H and O–H groups in total. The molecule has 1 aromatic rings. The number of hydrogen-bond donors (Lipinski definition) is 1. The second kappa shape index (κ2) is 8.81. The molecule has 1 aromatic carbocycles. The van der Waals surface area contributed by atoms with Crippen LogP contribution in [-0.2, 0) is 9.53 Å². The van der Waals surface area contributed by atoms with E-state index >= 15 is 0 Å². The van der Waals surface area contributed by atoms with Crippen LogP contribution in [0.4, 0.5) is 0 Å². The largest absolute Gasteiger partial charge is 0.493 e. The molecule has 3 heterocycles. The molecular weight excluding hydrogens is 394 g/mol. The summed E-state index contributed by atoms with van der Waals surface area (Å²) in [6.07, 6.45) is 0.883. The van der Waals surface area contributed by atoms with Crippen molar-refractivity contribution in [2.75, 3.05) is 59.4 Å². The molecule has 29 heavy (non-hydrogen) atoms. The zero-order valence-electron chi connectivity index (χ0n) is 16.8. The van der Waals surface area contributed by atoms with Crippen molar-refractivity contribution in [2.45, 2.75) is 17.8 Å².